The standard InChI is InChI=1S/C24H18BrF3O3S/c25-21-14-19(9-10-22(21)31-15-23(29)30)32-12-11-20(16-5-2-1-3-6-16)17-7-4-8-18(13-17)24(26,27)28/h1-11,13-14H,12,15H2,(H,29,30)/b20-11-. The molecule has 0 heterocycles. The van der Waals surface area contributed by atoms with Crippen LogP contribution in [0.25, 0.3) is 5.57 Å². The Morgan fingerprint density at radius 1 is 1.00 bits per heavy atom. The fourth-order valence-electron chi connectivity index (χ4n) is 2.93. The lowest BCUT2D eigenvalue weighted by atomic mass is 9.96. The van der Waals surface area contributed by atoms with Gasteiger partial charge < -0.3 is 9.84 Å². The molecule has 0 fully saturated rings. The smallest absolute Gasteiger partial charge is 0.416 e. The second kappa shape index (κ2) is 10.7. The first kappa shape index (κ1) is 23.9. The fourth-order valence-corrected chi connectivity index (χ4v) is 4.38. The Kier molecular flexibility index (Phi) is 8.04. The Bertz CT molecular complexity index is 1110. The molecule has 166 valence electrons. The molecule has 0 spiro atoms. The summed E-state index contributed by atoms with van der Waals surface area (Å²) in [5.74, 6) is -0.132. The molecule has 0 aromatic heterocycles. The van der Waals surface area contributed by atoms with Crippen molar-refractivity contribution in [1.82, 2.24) is 0 Å². The minimum atomic E-state index is -4.41. The Labute approximate surface area is 196 Å². The third-order valence-corrected chi connectivity index (χ3v) is 5.92. The van der Waals surface area contributed by atoms with Crippen molar-refractivity contribution in [2.24, 2.45) is 0 Å². The van der Waals surface area contributed by atoms with Crippen molar-refractivity contribution < 1.29 is 27.8 Å². The van der Waals surface area contributed by atoms with Crippen molar-refractivity contribution >= 4 is 39.2 Å². The van der Waals surface area contributed by atoms with Crippen LogP contribution in [0.15, 0.2) is 88.2 Å². The van der Waals surface area contributed by atoms with Crippen molar-refractivity contribution in [3.63, 3.8) is 0 Å². The number of ether oxygens (including phenoxy) is 1. The Morgan fingerprint density at radius 2 is 1.72 bits per heavy atom. The summed E-state index contributed by atoms with van der Waals surface area (Å²) in [5.41, 5.74) is 1.34. The van der Waals surface area contributed by atoms with Gasteiger partial charge in [0, 0.05) is 10.6 Å². The van der Waals surface area contributed by atoms with Gasteiger partial charge in [0.2, 0.25) is 0 Å². The Hall–Kier alpha value is -2.71. The second-order valence-corrected chi connectivity index (χ2v) is 8.60. The highest BCUT2D eigenvalue weighted by atomic mass is 79.9. The number of benzene rings is 3. The molecule has 8 heteroatoms. The van der Waals surface area contributed by atoms with E-state index in [4.69, 9.17) is 9.84 Å². The van der Waals surface area contributed by atoms with E-state index in [1.807, 2.05) is 42.5 Å². The molecule has 0 amide bonds. The molecule has 3 aromatic rings. The minimum absolute atomic E-state index is 0.418. The summed E-state index contributed by atoms with van der Waals surface area (Å²) < 4.78 is 45.4. The molecule has 0 aliphatic heterocycles. The van der Waals surface area contributed by atoms with Gasteiger partial charge in [-0.1, -0.05) is 48.5 Å². The minimum Gasteiger partial charge on any atom is -0.481 e. The number of hydrogen-bond acceptors (Lipinski definition) is 3. The molecule has 0 bridgehead atoms. The van der Waals surface area contributed by atoms with Crippen molar-refractivity contribution in [1.29, 1.82) is 0 Å². The van der Waals surface area contributed by atoms with Crippen LogP contribution in [0.1, 0.15) is 16.7 Å². The SMILES string of the molecule is O=C(O)COc1ccc(SC/C=C(/c2ccccc2)c2cccc(C(F)(F)F)c2)cc1Br. The molecule has 0 unspecified atom stereocenters. The van der Waals surface area contributed by atoms with Crippen LogP contribution in [-0.4, -0.2) is 23.4 Å². The predicted molar refractivity (Wildman–Crippen MR) is 123 cm³/mol. The second-order valence-electron chi connectivity index (χ2n) is 6.65. The van der Waals surface area contributed by atoms with Crippen LogP contribution in [0.5, 0.6) is 5.75 Å². The van der Waals surface area contributed by atoms with Gasteiger partial charge in [-0.25, -0.2) is 4.79 Å². The molecule has 0 saturated heterocycles. The first-order valence-corrected chi connectivity index (χ1v) is 11.2. The lowest BCUT2D eigenvalue weighted by Gasteiger charge is -2.12. The van der Waals surface area contributed by atoms with E-state index in [1.165, 1.54) is 17.8 Å². The average Bonchev–Trinajstić information content (AvgIpc) is 2.76. The van der Waals surface area contributed by atoms with E-state index in [0.717, 1.165) is 22.6 Å². The number of thioether (sulfide) groups is 1. The molecule has 0 aliphatic carbocycles. The van der Waals surface area contributed by atoms with Gasteiger partial charge >= 0.3 is 12.1 Å². The molecule has 0 atom stereocenters. The topological polar surface area (TPSA) is 46.5 Å². The number of carboxylic acid groups (broad SMARTS) is 1. The Morgan fingerprint density at radius 3 is 2.38 bits per heavy atom. The van der Waals surface area contributed by atoms with Gasteiger partial charge in [0.25, 0.3) is 0 Å². The van der Waals surface area contributed by atoms with E-state index in [9.17, 15) is 18.0 Å². The third kappa shape index (κ3) is 6.64. The molecule has 0 aliphatic rings. The molecular formula is C24H18BrF3O3S. The average molecular weight is 523 g/mol. The van der Waals surface area contributed by atoms with Gasteiger partial charge in [-0.2, -0.15) is 13.2 Å². The lowest BCUT2D eigenvalue weighted by molar-refractivity contribution is -0.139. The largest absolute Gasteiger partial charge is 0.481 e. The van der Waals surface area contributed by atoms with Crippen LogP contribution in [0.2, 0.25) is 0 Å². The highest BCUT2D eigenvalue weighted by molar-refractivity contribution is 9.10. The van der Waals surface area contributed by atoms with E-state index < -0.39 is 24.3 Å². The summed E-state index contributed by atoms with van der Waals surface area (Å²) in [6, 6.07) is 19.9. The zero-order valence-corrected chi connectivity index (χ0v) is 19.0. The van der Waals surface area contributed by atoms with Gasteiger partial charge in [-0.3, -0.25) is 0 Å². The number of hydrogen-bond donors (Lipinski definition) is 1. The summed E-state index contributed by atoms with van der Waals surface area (Å²) in [6.45, 7) is -0.439. The van der Waals surface area contributed by atoms with Crippen LogP contribution in [0.4, 0.5) is 13.2 Å². The van der Waals surface area contributed by atoms with Crippen molar-refractivity contribution in [3.05, 3.63) is 100 Å². The molecular weight excluding hydrogens is 505 g/mol. The van der Waals surface area contributed by atoms with E-state index >= 15 is 0 Å². The van der Waals surface area contributed by atoms with Crippen LogP contribution >= 0.6 is 27.7 Å². The van der Waals surface area contributed by atoms with E-state index in [-0.39, 0.29) is 0 Å². The summed E-state index contributed by atoms with van der Waals surface area (Å²) >= 11 is 4.86. The normalized spacial score (nSPS) is 11.9. The van der Waals surface area contributed by atoms with Crippen LogP contribution in [0, 0.1) is 0 Å². The van der Waals surface area contributed by atoms with Crippen molar-refractivity contribution in [2.45, 2.75) is 11.1 Å². The molecule has 0 saturated carbocycles. The number of aliphatic carboxylic acids is 1. The molecule has 1 N–H and O–H groups in total. The van der Waals surface area contributed by atoms with E-state index in [1.54, 1.807) is 18.2 Å². The monoisotopic (exact) mass is 522 g/mol. The lowest BCUT2D eigenvalue weighted by Crippen LogP contribution is -2.09. The first-order valence-electron chi connectivity index (χ1n) is 9.44. The molecule has 3 rings (SSSR count). The van der Waals surface area contributed by atoms with Gasteiger partial charge in [0.1, 0.15) is 5.75 Å². The highest BCUT2D eigenvalue weighted by Crippen LogP contribution is 2.34. The van der Waals surface area contributed by atoms with Gasteiger partial charge in [0.15, 0.2) is 6.61 Å². The molecule has 3 aromatic carbocycles. The van der Waals surface area contributed by atoms with Gasteiger partial charge in [0.05, 0.1) is 10.0 Å². The molecule has 0 radical (unpaired) electrons. The quantitative estimate of drug-likeness (QED) is 0.319. The van der Waals surface area contributed by atoms with Crippen LogP contribution in [-0.2, 0) is 11.0 Å². The van der Waals surface area contributed by atoms with Gasteiger partial charge in [-0.15, -0.1) is 11.8 Å². The predicted octanol–water partition coefficient (Wildman–Crippen LogP) is 7.16. The van der Waals surface area contributed by atoms with E-state index in [0.29, 0.717) is 27.1 Å². The summed E-state index contributed by atoms with van der Waals surface area (Å²) in [5, 5.41) is 8.72. The van der Waals surface area contributed by atoms with E-state index in [2.05, 4.69) is 15.9 Å². The number of carboxylic acids is 1. The van der Waals surface area contributed by atoms with Crippen LogP contribution < -0.4 is 4.74 Å². The first-order chi connectivity index (χ1) is 15.2. The molecule has 32 heavy (non-hydrogen) atoms. The van der Waals surface area contributed by atoms with Gasteiger partial charge in [-0.05, 0) is 63.0 Å². The fraction of sp³-hybridized carbons (Fsp3) is 0.125. The summed E-state index contributed by atoms with van der Waals surface area (Å²) in [7, 11) is 0. The maximum atomic E-state index is 13.2. The maximum absolute atomic E-state index is 13.2. The third-order valence-electron chi connectivity index (χ3n) is 4.38. The number of carbonyl (C=O) groups is 1. The molecule has 3 nitrogen and oxygen atoms in total. The van der Waals surface area contributed by atoms with Crippen molar-refractivity contribution in [3.8, 4) is 5.75 Å². The zero-order valence-electron chi connectivity index (χ0n) is 16.6. The number of rotatable bonds is 8. The zero-order chi connectivity index (χ0) is 23.1. The summed E-state index contributed by atoms with van der Waals surface area (Å²) in [6.07, 6.45) is -2.51. The number of halogens is 4. The summed E-state index contributed by atoms with van der Waals surface area (Å²) in [4.78, 5) is 11.5. The van der Waals surface area contributed by atoms with Crippen molar-refractivity contribution in [2.75, 3.05) is 12.4 Å². The maximum Gasteiger partial charge on any atom is 0.416 e. The number of alkyl halides is 3. The Balaban J connectivity index is 1.82. The highest BCUT2D eigenvalue weighted by Gasteiger charge is 2.30. The van der Waals surface area contributed by atoms with Crippen LogP contribution in [0.3, 0.4) is 0 Å².